The Kier molecular flexibility index (Phi) is 5.62. The van der Waals surface area contributed by atoms with Gasteiger partial charge in [0.2, 0.25) is 10.0 Å². The van der Waals surface area contributed by atoms with E-state index in [1.807, 2.05) is 12.3 Å². The molecule has 1 fully saturated rings. The monoisotopic (exact) mass is 331 g/mol. The lowest BCUT2D eigenvalue weighted by Gasteiger charge is -2.29. The van der Waals surface area contributed by atoms with Crippen LogP contribution in [-0.2, 0) is 10.0 Å². The summed E-state index contributed by atoms with van der Waals surface area (Å²) in [6.07, 6.45) is 3.97. The van der Waals surface area contributed by atoms with Crippen LogP contribution in [0.2, 0.25) is 0 Å². The predicted octanol–water partition coefficient (Wildman–Crippen LogP) is 2.75. The molecule has 0 unspecified atom stereocenters. The summed E-state index contributed by atoms with van der Waals surface area (Å²) in [6, 6.07) is 0.107. The molecule has 21 heavy (non-hydrogen) atoms. The highest BCUT2D eigenvalue weighted by molar-refractivity contribution is 7.90. The Bertz CT molecular complexity index is 546. The van der Waals surface area contributed by atoms with Crippen molar-refractivity contribution in [3.05, 3.63) is 11.1 Å². The summed E-state index contributed by atoms with van der Waals surface area (Å²) in [7, 11) is -3.14. The fourth-order valence-corrected chi connectivity index (χ4v) is 4.19. The molecule has 0 atom stereocenters. The zero-order valence-electron chi connectivity index (χ0n) is 12.9. The highest BCUT2D eigenvalue weighted by Crippen LogP contribution is 2.26. The van der Waals surface area contributed by atoms with E-state index in [0.29, 0.717) is 5.92 Å². The first kappa shape index (κ1) is 16.7. The average Bonchev–Trinajstić information content (AvgIpc) is 2.83. The average molecular weight is 332 g/mol. The number of sulfonamides is 1. The molecule has 1 aliphatic carbocycles. The fourth-order valence-electron chi connectivity index (χ4n) is 2.52. The number of thiazole rings is 1. The van der Waals surface area contributed by atoms with Crippen molar-refractivity contribution >= 4 is 26.5 Å². The molecule has 1 aliphatic rings. The molecule has 2 N–H and O–H groups in total. The molecule has 120 valence electrons. The third-order valence-electron chi connectivity index (χ3n) is 3.96. The maximum absolute atomic E-state index is 11.9. The van der Waals surface area contributed by atoms with E-state index in [1.165, 1.54) is 0 Å². The highest BCUT2D eigenvalue weighted by atomic mass is 32.2. The van der Waals surface area contributed by atoms with E-state index in [2.05, 4.69) is 15.0 Å². The third kappa shape index (κ3) is 4.93. The summed E-state index contributed by atoms with van der Waals surface area (Å²) in [4.78, 5) is 4.39. The largest absolute Gasteiger partial charge is 0.361 e. The van der Waals surface area contributed by atoms with E-state index in [9.17, 15) is 8.42 Å². The minimum absolute atomic E-state index is 0.107. The van der Waals surface area contributed by atoms with Crippen molar-refractivity contribution in [2.45, 2.75) is 57.7 Å². The smallest absolute Gasteiger partial charge is 0.214 e. The molecule has 0 aliphatic heterocycles. The number of hydrogen-bond acceptors (Lipinski definition) is 5. The minimum atomic E-state index is -3.14. The topological polar surface area (TPSA) is 71.1 Å². The number of nitrogens with zero attached hydrogens (tertiary/aromatic N) is 1. The first-order chi connectivity index (χ1) is 9.87. The molecule has 0 saturated heterocycles. The molecule has 2 rings (SSSR count). The second kappa shape index (κ2) is 7.07. The summed E-state index contributed by atoms with van der Waals surface area (Å²) < 4.78 is 26.6. The SMILES string of the molecule is Cc1csc(NCC2CCC(NS(=O)(=O)C(C)C)CC2)n1. The molecular weight excluding hydrogens is 306 g/mol. The molecule has 0 amide bonds. The molecule has 1 saturated carbocycles. The lowest BCUT2D eigenvalue weighted by Crippen LogP contribution is -2.41. The normalized spacial score (nSPS) is 23.4. The van der Waals surface area contributed by atoms with E-state index < -0.39 is 10.0 Å². The van der Waals surface area contributed by atoms with E-state index in [1.54, 1.807) is 25.2 Å². The van der Waals surface area contributed by atoms with Gasteiger partial charge in [-0.2, -0.15) is 0 Å². The van der Waals surface area contributed by atoms with Crippen LogP contribution in [0.3, 0.4) is 0 Å². The van der Waals surface area contributed by atoms with E-state index in [0.717, 1.165) is 43.1 Å². The second-order valence-corrected chi connectivity index (χ2v) is 9.23. The van der Waals surface area contributed by atoms with Crippen molar-refractivity contribution in [2.24, 2.45) is 5.92 Å². The zero-order chi connectivity index (χ0) is 15.5. The van der Waals surface area contributed by atoms with Crippen molar-refractivity contribution in [3.63, 3.8) is 0 Å². The summed E-state index contributed by atoms with van der Waals surface area (Å²) in [6.45, 7) is 6.35. The van der Waals surface area contributed by atoms with Crippen LogP contribution < -0.4 is 10.0 Å². The molecule has 0 bridgehead atoms. The van der Waals surface area contributed by atoms with Gasteiger partial charge in [0.15, 0.2) is 5.13 Å². The van der Waals surface area contributed by atoms with Gasteiger partial charge in [0.05, 0.1) is 10.9 Å². The molecule has 7 heteroatoms. The molecular formula is C14H25N3O2S2. The Morgan fingerprint density at radius 3 is 2.52 bits per heavy atom. The Labute approximate surface area is 131 Å². The second-order valence-electron chi connectivity index (χ2n) is 6.10. The van der Waals surface area contributed by atoms with Gasteiger partial charge < -0.3 is 5.32 Å². The van der Waals surface area contributed by atoms with Crippen LogP contribution in [0.25, 0.3) is 0 Å². The van der Waals surface area contributed by atoms with Crippen LogP contribution in [0.4, 0.5) is 5.13 Å². The zero-order valence-corrected chi connectivity index (χ0v) is 14.6. The molecule has 5 nitrogen and oxygen atoms in total. The maximum atomic E-state index is 11.9. The van der Waals surface area contributed by atoms with Crippen LogP contribution in [0, 0.1) is 12.8 Å². The number of aryl methyl sites for hydroxylation is 1. The van der Waals surface area contributed by atoms with E-state index >= 15 is 0 Å². The van der Waals surface area contributed by atoms with Gasteiger partial charge in [-0.25, -0.2) is 18.1 Å². The maximum Gasteiger partial charge on any atom is 0.214 e. The third-order valence-corrected chi connectivity index (χ3v) is 6.78. The predicted molar refractivity (Wildman–Crippen MR) is 88.3 cm³/mol. The first-order valence-electron chi connectivity index (χ1n) is 7.54. The molecule has 1 aromatic rings. The van der Waals surface area contributed by atoms with Crippen LogP contribution in [0.15, 0.2) is 5.38 Å². The van der Waals surface area contributed by atoms with Crippen molar-refractivity contribution in [1.29, 1.82) is 0 Å². The minimum Gasteiger partial charge on any atom is -0.361 e. The summed E-state index contributed by atoms with van der Waals surface area (Å²) in [5.41, 5.74) is 1.05. The number of nitrogens with one attached hydrogen (secondary N) is 2. The van der Waals surface area contributed by atoms with Crippen LogP contribution >= 0.6 is 11.3 Å². The summed E-state index contributed by atoms with van der Waals surface area (Å²) in [5, 5.41) is 6.05. The van der Waals surface area contributed by atoms with E-state index in [4.69, 9.17) is 0 Å². The van der Waals surface area contributed by atoms with Gasteiger partial charge in [-0.1, -0.05) is 0 Å². The summed E-state index contributed by atoms with van der Waals surface area (Å²) in [5.74, 6) is 0.606. The number of aromatic nitrogens is 1. The molecule has 1 aromatic heterocycles. The van der Waals surface area contributed by atoms with Gasteiger partial charge in [0.1, 0.15) is 0 Å². The molecule has 0 radical (unpaired) electrons. The van der Waals surface area contributed by atoms with Crippen LogP contribution in [-0.4, -0.2) is 31.2 Å². The van der Waals surface area contributed by atoms with Gasteiger partial charge in [-0.05, 0) is 52.4 Å². The Morgan fingerprint density at radius 2 is 2.00 bits per heavy atom. The van der Waals surface area contributed by atoms with Gasteiger partial charge in [-0.15, -0.1) is 11.3 Å². The highest BCUT2D eigenvalue weighted by Gasteiger charge is 2.26. The van der Waals surface area contributed by atoms with Crippen molar-refractivity contribution < 1.29 is 8.42 Å². The van der Waals surface area contributed by atoms with Gasteiger partial charge in [-0.3, -0.25) is 0 Å². The van der Waals surface area contributed by atoms with Gasteiger partial charge in [0, 0.05) is 18.0 Å². The molecule has 1 heterocycles. The van der Waals surface area contributed by atoms with Gasteiger partial charge >= 0.3 is 0 Å². The quantitative estimate of drug-likeness (QED) is 0.841. The van der Waals surface area contributed by atoms with Crippen LogP contribution in [0.5, 0.6) is 0 Å². The van der Waals surface area contributed by atoms with Crippen molar-refractivity contribution in [2.75, 3.05) is 11.9 Å². The van der Waals surface area contributed by atoms with Crippen molar-refractivity contribution in [1.82, 2.24) is 9.71 Å². The lowest BCUT2D eigenvalue weighted by atomic mass is 9.86. The Hall–Kier alpha value is -0.660. The Balaban J connectivity index is 1.73. The summed E-state index contributed by atoms with van der Waals surface area (Å²) >= 11 is 1.64. The standard InChI is InChI=1S/C14H25N3O2S2/c1-10(2)21(18,19)17-13-6-4-12(5-7-13)8-15-14-16-11(3)9-20-14/h9-10,12-13,17H,4-8H2,1-3H3,(H,15,16). The number of rotatable bonds is 6. The number of anilines is 1. The molecule has 0 aromatic carbocycles. The molecule has 0 spiro atoms. The lowest BCUT2D eigenvalue weighted by molar-refractivity contribution is 0.323. The van der Waals surface area contributed by atoms with Crippen molar-refractivity contribution in [3.8, 4) is 0 Å². The fraction of sp³-hybridized carbons (Fsp3) is 0.786. The van der Waals surface area contributed by atoms with E-state index in [-0.39, 0.29) is 11.3 Å². The first-order valence-corrected chi connectivity index (χ1v) is 9.96. The number of hydrogen-bond donors (Lipinski definition) is 2. The Morgan fingerprint density at radius 1 is 1.33 bits per heavy atom. The van der Waals surface area contributed by atoms with Crippen LogP contribution in [0.1, 0.15) is 45.2 Å². The van der Waals surface area contributed by atoms with Gasteiger partial charge in [0.25, 0.3) is 0 Å².